The summed E-state index contributed by atoms with van der Waals surface area (Å²) in [5.41, 5.74) is 0.557. The minimum atomic E-state index is -0.519. The molecule has 0 atom stereocenters. The molecule has 0 saturated heterocycles. The number of aryl methyl sites for hydroxylation is 1. The summed E-state index contributed by atoms with van der Waals surface area (Å²) in [6.07, 6.45) is 0.603. The average Bonchev–Trinajstić information content (AvgIpc) is 2.08. The van der Waals surface area contributed by atoms with Crippen molar-refractivity contribution in [3.05, 3.63) is 35.4 Å². The fourth-order valence-electron chi connectivity index (χ4n) is 0.808. The van der Waals surface area contributed by atoms with Gasteiger partial charge < -0.3 is 0 Å². The van der Waals surface area contributed by atoms with Crippen molar-refractivity contribution >= 4 is 0 Å². The molecule has 1 aromatic rings. The van der Waals surface area contributed by atoms with Gasteiger partial charge in [-0.2, -0.15) is 0 Å². The second-order valence-electron chi connectivity index (χ2n) is 2.09. The topological polar surface area (TPSA) is 0 Å². The van der Waals surface area contributed by atoms with Crippen LogP contribution >= 0.6 is 0 Å². The fourth-order valence-corrected chi connectivity index (χ4v) is 0.808. The third-order valence-electron chi connectivity index (χ3n) is 1.40. The first-order valence-corrected chi connectivity index (χ1v) is 4.18. The largest absolute Gasteiger partial charge is 0.207 e. The van der Waals surface area contributed by atoms with E-state index in [1.165, 1.54) is 12.1 Å². The lowest BCUT2D eigenvalue weighted by atomic mass is 10.1. The van der Waals surface area contributed by atoms with E-state index in [1.54, 1.807) is 0 Å². The van der Waals surface area contributed by atoms with Crippen LogP contribution in [-0.2, 0) is 6.42 Å². The molecule has 0 aromatic heterocycles. The molecule has 68 valence electrons. The molecular weight excluding hydrogens is 158 g/mol. The summed E-state index contributed by atoms with van der Waals surface area (Å²) in [4.78, 5) is 0. The molecule has 0 aliphatic carbocycles. The monoisotopic (exact) mass is 172 g/mol. The highest BCUT2D eigenvalue weighted by Gasteiger charge is 1.99. The SMILES string of the molecule is CC.CCc1ccc(F)cc1F. The van der Waals surface area contributed by atoms with Crippen molar-refractivity contribution in [3.63, 3.8) is 0 Å². The lowest BCUT2D eigenvalue weighted by Gasteiger charge is -1.96. The highest BCUT2D eigenvalue weighted by atomic mass is 19.1. The van der Waals surface area contributed by atoms with E-state index in [9.17, 15) is 8.78 Å². The van der Waals surface area contributed by atoms with Gasteiger partial charge in [0.15, 0.2) is 0 Å². The molecule has 0 spiro atoms. The third kappa shape index (κ3) is 2.99. The van der Waals surface area contributed by atoms with Gasteiger partial charge in [0.05, 0.1) is 0 Å². The summed E-state index contributed by atoms with van der Waals surface area (Å²) >= 11 is 0. The Morgan fingerprint density at radius 3 is 2.17 bits per heavy atom. The molecule has 0 nitrogen and oxygen atoms in total. The molecule has 0 saturated carbocycles. The van der Waals surface area contributed by atoms with Crippen molar-refractivity contribution in [1.82, 2.24) is 0 Å². The predicted molar refractivity (Wildman–Crippen MR) is 47.1 cm³/mol. The van der Waals surface area contributed by atoms with Crippen molar-refractivity contribution in [2.45, 2.75) is 27.2 Å². The van der Waals surface area contributed by atoms with Crippen LogP contribution < -0.4 is 0 Å². The van der Waals surface area contributed by atoms with E-state index in [0.717, 1.165) is 6.07 Å². The zero-order valence-corrected chi connectivity index (χ0v) is 7.70. The highest BCUT2D eigenvalue weighted by molar-refractivity contribution is 5.17. The van der Waals surface area contributed by atoms with E-state index in [1.807, 2.05) is 20.8 Å². The molecule has 1 aromatic carbocycles. The van der Waals surface area contributed by atoms with Gasteiger partial charge in [-0.05, 0) is 18.1 Å². The van der Waals surface area contributed by atoms with Gasteiger partial charge in [-0.3, -0.25) is 0 Å². The Morgan fingerprint density at radius 2 is 1.75 bits per heavy atom. The summed E-state index contributed by atoms with van der Waals surface area (Å²) in [5, 5.41) is 0. The van der Waals surface area contributed by atoms with Gasteiger partial charge >= 0.3 is 0 Å². The van der Waals surface area contributed by atoms with Crippen LogP contribution in [0.25, 0.3) is 0 Å². The molecule has 0 unspecified atom stereocenters. The minimum Gasteiger partial charge on any atom is -0.207 e. The van der Waals surface area contributed by atoms with Crippen LogP contribution in [0.1, 0.15) is 26.3 Å². The second kappa shape index (κ2) is 5.70. The van der Waals surface area contributed by atoms with Crippen LogP contribution in [0.3, 0.4) is 0 Å². The van der Waals surface area contributed by atoms with Crippen LogP contribution in [0.2, 0.25) is 0 Å². The van der Waals surface area contributed by atoms with Gasteiger partial charge in [-0.1, -0.05) is 26.8 Å². The maximum Gasteiger partial charge on any atom is 0.129 e. The van der Waals surface area contributed by atoms with E-state index in [-0.39, 0.29) is 0 Å². The quantitative estimate of drug-likeness (QED) is 0.607. The number of hydrogen-bond donors (Lipinski definition) is 0. The molecule has 0 heterocycles. The Hall–Kier alpha value is -0.920. The van der Waals surface area contributed by atoms with Gasteiger partial charge in [0.25, 0.3) is 0 Å². The zero-order valence-electron chi connectivity index (χ0n) is 7.70. The van der Waals surface area contributed by atoms with Crippen molar-refractivity contribution in [2.24, 2.45) is 0 Å². The van der Waals surface area contributed by atoms with Crippen LogP contribution in [0, 0.1) is 11.6 Å². The van der Waals surface area contributed by atoms with Crippen molar-refractivity contribution < 1.29 is 8.78 Å². The molecule has 0 amide bonds. The predicted octanol–water partition coefficient (Wildman–Crippen LogP) is 3.55. The Kier molecular flexibility index (Phi) is 5.26. The zero-order chi connectivity index (χ0) is 9.56. The minimum absolute atomic E-state index is 0.456. The number of rotatable bonds is 1. The highest BCUT2D eigenvalue weighted by Crippen LogP contribution is 2.09. The van der Waals surface area contributed by atoms with Crippen LogP contribution in [0.15, 0.2) is 18.2 Å². The first-order valence-electron chi connectivity index (χ1n) is 4.18. The number of hydrogen-bond acceptors (Lipinski definition) is 0. The molecular formula is C10H14F2. The summed E-state index contributed by atoms with van der Waals surface area (Å²) in [7, 11) is 0. The first kappa shape index (κ1) is 11.1. The van der Waals surface area contributed by atoms with Gasteiger partial charge in [-0.25, -0.2) is 8.78 Å². The maximum atomic E-state index is 12.6. The van der Waals surface area contributed by atoms with E-state index in [4.69, 9.17) is 0 Å². The van der Waals surface area contributed by atoms with Gasteiger partial charge in [-0.15, -0.1) is 0 Å². The van der Waals surface area contributed by atoms with Crippen LogP contribution in [0.5, 0.6) is 0 Å². The van der Waals surface area contributed by atoms with E-state index in [2.05, 4.69) is 0 Å². The fraction of sp³-hybridized carbons (Fsp3) is 0.400. The van der Waals surface area contributed by atoms with Crippen LogP contribution in [0.4, 0.5) is 8.78 Å². The molecule has 0 fully saturated rings. The van der Waals surface area contributed by atoms with Gasteiger partial charge in [0.1, 0.15) is 11.6 Å². The van der Waals surface area contributed by atoms with Crippen LogP contribution in [-0.4, -0.2) is 0 Å². The van der Waals surface area contributed by atoms with E-state index >= 15 is 0 Å². The van der Waals surface area contributed by atoms with E-state index in [0.29, 0.717) is 12.0 Å². The van der Waals surface area contributed by atoms with E-state index < -0.39 is 11.6 Å². The molecule has 1 rings (SSSR count). The van der Waals surface area contributed by atoms with Crippen molar-refractivity contribution in [3.8, 4) is 0 Å². The standard InChI is InChI=1S/C8H8F2.C2H6/c1-2-6-3-4-7(9)5-8(6)10;1-2/h3-5H,2H2,1H3;1-2H3. The van der Waals surface area contributed by atoms with Gasteiger partial charge in [0.2, 0.25) is 0 Å². The van der Waals surface area contributed by atoms with Crippen molar-refractivity contribution in [2.75, 3.05) is 0 Å². The summed E-state index contributed by atoms with van der Waals surface area (Å²) in [6.45, 7) is 5.83. The van der Waals surface area contributed by atoms with Gasteiger partial charge in [0, 0.05) is 6.07 Å². The molecule has 12 heavy (non-hydrogen) atoms. The second-order valence-corrected chi connectivity index (χ2v) is 2.09. The molecule has 0 radical (unpaired) electrons. The smallest absolute Gasteiger partial charge is 0.129 e. The average molecular weight is 172 g/mol. The lowest BCUT2D eigenvalue weighted by Crippen LogP contribution is -1.87. The number of benzene rings is 1. The molecule has 0 aliphatic rings. The van der Waals surface area contributed by atoms with Crippen molar-refractivity contribution in [1.29, 1.82) is 0 Å². The molecule has 0 bridgehead atoms. The first-order chi connectivity index (χ1) is 5.74. The molecule has 0 N–H and O–H groups in total. The summed E-state index contributed by atoms with van der Waals surface area (Å²) < 4.78 is 24.9. The Bertz CT molecular complexity index is 231. The maximum absolute atomic E-state index is 12.6. The lowest BCUT2D eigenvalue weighted by molar-refractivity contribution is 0.573. The summed E-state index contributed by atoms with van der Waals surface area (Å²) in [5.74, 6) is -0.975. The Labute approximate surface area is 72.2 Å². The molecule has 2 heteroatoms. The Morgan fingerprint density at radius 1 is 1.17 bits per heavy atom. The normalized spacial score (nSPS) is 8.75. The number of halogens is 2. The third-order valence-corrected chi connectivity index (χ3v) is 1.40. The summed E-state index contributed by atoms with van der Waals surface area (Å²) in [6, 6.07) is 3.63. The molecule has 0 aliphatic heterocycles. The Balaban J connectivity index is 0.000000561.